The Morgan fingerprint density at radius 1 is 1.53 bits per heavy atom. The van der Waals surface area contributed by atoms with Crippen molar-refractivity contribution in [2.24, 2.45) is 5.92 Å². The summed E-state index contributed by atoms with van der Waals surface area (Å²) in [5.74, 6) is 0.163. The van der Waals surface area contributed by atoms with Gasteiger partial charge >= 0.3 is 0 Å². The van der Waals surface area contributed by atoms with E-state index < -0.39 is 5.72 Å². The summed E-state index contributed by atoms with van der Waals surface area (Å²) in [6.07, 6.45) is 2.17. The molecule has 1 aromatic rings. The van der Waals surface area contributed by atoms with Crippen LogP contribution in [-0.2, 0) is 10.5 Å². The van der Waals surface area contributed by atoms with Gasteiger partial charge in [0.15, 0.2) is 0 Å². The second-order valence-electron chi connectivity index (χ2n) is 5.51. The summed E-state index contributed by atoms with van der Waals surface area (Å²) < 4.78 is 0.867. The first-order valence-corrected chi connectivity index (χ1v) is 7.40. The summed E-state index contributed by atoms with van der Waals surface area (Å²) in [7, 11) is 0. The van der Waals surface area contributed by atoms with Gasteiger partial charge in [-0.3, -0.25) is 9.69 Å². The first-order valence-electron chi connectivity index (χ1n) is 6.60. The summed E-state index contributed by atoms with van der Waals surface area (Å²) in [6, 6.07) is 5.51. The molecule has 0 aliphatic carbocycles. The largest absolute Gasteiger partial charge is 0.364 e. The van der Waals surface area contributed by atoms with Crippen LogP contribution in [-0.4, -0.2) is 29.0 Å². The minimum Gasteiger partial charge on any atom is -0.364 e. The molecule has 0 radical (unpaired) electrons. The minimum atomic E-state index is -1.52. The average molecular weight is 325 g/mol. The van der Waals surface area contributed by atoms with Crippen LogP contribution in [0.5, 0.6) is 0 Å². The maximum Gasteiger partial charge on any atom is 0.276 e. The number of amides is 1. The van der Waals surface area contributed by atoms with Crippen molar-refractivity contribution in [3.8, 4) is 0 Å². The van der Waals surface area contributed by atoms with Crippen LogP contribution < -0.4 is 5.32 Å². The molecule has 102 valence electrons. The molecule has 1 saturated heterocycles. The number of benzene rings is 1. The fraction of sp³-hybridized carbons (Fsp3) is 0.500. The van der Waals surface area contributed by atoms with Crippen molar-refractivity contribution >= 4 is 27.5 Å². The summed E-state index contributed by atoms with van der Waals surface area (Å²) >= 11 is 3.40. The van der Waals surface area contributed by atoms with Gasteiger partial charge in [0.1, 0.15) is 0 Å². The quantitative estimate of drug-likeness (QED) is 0.833. The molecule has 2 aliphatic rings. The van der Waals surface area contributed by atoms with Crippen molar-refractivity contribution in [1.29, 1.82) is 0 Å². The van der Waals surface area contributed by atoms with E-state index in [0.717, 1.165) is 30.4 Å². The monoisotopic (exact) mass is 324 g/mol. The number of rotatable bonds is 1. The SMILES string of the molecule is C[C@@H]1CCCN([C@]2(O)C(=O)Nc3ccc(Br)cc32)C1. The van der Waals surface area contributed by atoms with Crippen molar-refractivity contribution in [3.05, 3.63) is 28.2 Å². The molecule has 3 rings (SSSR count). The summed E-state index contributed by atoms with van der Waals surface area (Å²) in [5.41, 5.74) is -0.164. The van der Waals surface area contributed by atoms with Gasteiger partial charge < -0.3 is 10.4 Å². The van der Waals surface area contributed by atoms with Gasteiger partial charge in [-0.25, -0.2) is 0 Å². The Kier molecular flexibility index (Phi) is 3.15. The molecule has 2 heterocycles. The van der Waals surface area contributed by atoms with E-state index in [1.165, 1.54) is 0 Å². The zero-order valence-electron chi connectivity index (χ0n) is 10.8. The van der Waals surface area contributed by atoms with Gasteiger partial charge in [-0.15, -0.1) is 0 Å². The predicted octanol–water partition coefficient (Wildman–Crippen LogP) is 2.28. The minimum absolute atomic E-state index is 0.338. The second kappa shape index (κ2) is 4.58. The molecule has 0 spiro atoms. The molecule has 0 bridgehead atoms. The standard InChI is InChI=1S/C14H17BrN2O2/c1-9-3-2-6-17(8-9)14(19)11-7-10(15)4-5-12(11)16-13(14)18/h4-5,7,9,19H,2-3,6,8H2,1H3,(H,16,18)/t9-,14-/m1/s1. The van der Waals surface area contributed by atoms with Crippen LogP contribution in [0.15, 0.2) is 22.7 Å². The van der Waals surface area contributed by atoms with E-state index in [2.05, 4.69) is 28.2 Å². The van der Waals surface area contributed by atoms with E-state index in [-0.39, 0.29) is 5.91 Å². The number of carbonyl (C=O) groups is 1. The molecule has 5 heteroatoms. The first kappa shape index (κ1) is 13.1. The third-order valence-electron chi connectivity index (χ3n) is 4.04. The van der Waals surface area contributed by atoms with Gasteiger partial charge in [0.25, 0.3) is 5.91 Å². The molecular weight excluding hydrogens is 308 g/mol. The lowest BCUT2D eigenvalue weighted by Gasteiger charge is -2.39. The summed E-state index contributed by atoms with van der Waals surface area (Å²) in [5, 5.41) is 13.7. The smallest absolute Gasteiger partial charge is 0.276 e. The zero-order chi connectivity index (χ0) is 13.6. The molecule has 0 aromatic heterocycles. The highest BCUT2D eigenvalue weighted by atomic mass is 79.9. The zero-order valence-corrected chi connectivity index (χ0v) is 12.4. The molecule has 1 fully saturated rings. The number of likely N-dealkylation sites (tertiary alicyclic amines) is 1. The van der Waals surface area contributed by atoms with Crippen molar-refractivity contribution in [1.82, 2.24) is 4.90 Å². The highest BCUT2D eigenvalue weighted by Gasteiger charge is 2.50. The lowest BCUT2D eigenvalue weighted by molar-refractivity contribution is -0.163. The molecular formula is C14H17BrN2O2. The van der Waals surface area contributed by atoms with Crippen molar-refractivity contribution in [3.63, 3.8) is 0 Å². The van der Waals surface area contributed by atoms with Crippen molar-refractivity contribution < 1.29 is 9.90 Å². The van der Waals surface area contributed by atoms with E-state index in [4.69, 9.17) is 0 Å². The number of piperidine rings is 1. The van der Waals surface area contributed by atoms with Crippen LogP contribution in [0.3, 0.4) is 0 Å². The van der Waals surface area contributed by atoms with Gasteiger partial charge in [-0.05, 0) is 37.0 Å². The maximum absolute atomic E-state index is 12.3. The Labute approximate surface area is 120 Å². The second-order valence-corrected chi connectivity index (χ2v) is 6.43. The van der Waals surface area contributed by atoms with Crippen LogP contribution in [0.25, 0.3) is 0 Å². The van der Waals surface area contributed by atoms with Crippen molar-refractivity contribution in [2.75, 3.05) is 18.4 Å². The number of anilines is 1. The number of hydrogen-bond acceptors (Lipinski definition) is 3. The van der Waals surface area contributed by atoms with Crippen molar-refractivity contribution in [2.45, 2.75) is 25.5 Å². The van der Waals surface area contributed by atoms with E-state index in [1.54, 1.807) is 0 Å². The lowest BCUT2D eigenvalue weighted by Crippen LogP contribution is -2.54. The third-order valence-corrected chi connectivity index (χ3v) is 4.53. The van der Waals surface area contributed by atoms with Gasteiger partial charge in [-0.2, -0.15) is 0 Å². The number of hydrogen-bond donors (Lipinski definition) is 2. The first-order chi connectivity index (χ1) is 9.01. The molecule has 1 amide bonds. The number of halogens is 1. The number of fused-ring (bicyclic) bond motifs is 1. The Morgan fingerprint density at radius 2 is 2.32 bits per heavy atom. The van der Waals surface area contributed by atoms with Gasteiger partial charge in [0, 0.05) is 28.8 Å². The molecule has 0 unspecified atom stereocenters. The van der Waals surface area contributed by atoms with Crippen LogP contribution in [0, 0.1) is 5.92 Å². The van der Waals surface area contributed by atoms with Crippen LogP contribution >= 0.6 is 15.9 Å². The Balaban J connectivity index is 2.03. The molecule has 2 atom stereocenters. The summed E-state index contributed by atoms with van der Waals surface area (Å²) in [4.78, 5) is 14.1. The fourth-order valence-electron chi connectivity index (χ4n) is 3.04. The number of nitrogens with one attached hydrogen (secondary N) is 1. The summed E-state index contributed by atoms with van der Waals surface area (Å²) in [6.45, 7) is 3.65. The van der Waals surface area contributed by atoms with Crippen LogP contribution in [0.1, 0.15) is 25.3 Å². The predicted molar refractivity (Wildman–Crippen MR) is 76.6 cm³/mol. The molecule has 2 N–H and O–H groups in total. The van der Waals surface area contributed by atoms with Crippen LogP contribution in [0.4, 0.5) is 5.69 Å². The van der Waals surface area contributed by atoms with E-state index in [9.17, 15) is 9.90 Å². The lowest BCUT2D eigenvalue weighted by atomic mass is 9.94. The molecule has 2 aliphatic heterocycles. The van der Waals surface area contributed by atoms with E-state index in [0.29, 0.717) is 17.2 Å². The number of nitrogens with zero attached hydrogens (tertiary/aromatic N) is 1. The highest BCUT2D eigenvalue weighted by molar-refractivity contribution is 9.10. The van der Waals surface area contributed by atoms with Gasteiger partial charge in [0.05, 0.1) is 0 Å². The molecule has 1 aromatic carbocycles. The Bertz CT molecular complexity index is 534. The number of aliphatic hydroxyl groups is 1. The maximum atomic E-state index is 12.3. The van der Waals surface area contributed by atoms with E-state index >= 15 is 0 Å². The number of carbonyl (C=O) groups excluding carboxylic acids is 1. The Hall–Kier alpha value is -0.910. The normalized spacial score (nSPS) is 31.1. The van der Waals surface area contributed by atoms with Gasteiger partial charge in [0.2, 0.25) is 5.72 Å². The highest BCUT2D eigenvalue weighted by Crippen LogP contribution is 2.41. The third kappa shape index (κ3) is 2.00. The van der Waals surface area contributed by atoms with Crippen LogP contribution in [0.2, 0.25) is 0 Å². The Morgan fingerprint density at radius 3 is 3.05 bits per heavy atom. The molecule has 0 saturated carbocycles. The molecule has 4 nitrogen and oxygen atoms in total. The van der Waals surface area contributed by atoms with E-state index in [1.807, 2.05) is 23.1 Å². The average Bonchev–Trinajstić information content (AvgIpc) is 2.63. The van der Waals surface area contributed by atoms with Gasteiger partial charge in [-0.1, -0.05) is 22.9 Å². The topological polar surface area (TPSA) is 52.6 Å². The fourth-order valence-corrected chi connectivity index (χ4v) is 3.40. The molecule has 19 heavy (non-hydrogen) atoms.